The van der Waals surface area contributed by atoms with E-state index in [1.807, 2.05) is 0 Å². The average Bonchev–Trinajstić information content (AvgIpc) is 2.37. The first-order valence-corrected chi connectivity index (χ1v) is 7.20. The second-order valence-corrected chi connectivity index (χ2v) is 6.20. The van der Waals surface area contributed by atoms with E-state index in [1.165, 1.54) is 12.1 Å². The van der Waals surface area contributed by atoms with Crippen molar-refractivity contribution in [1.82, 2.24) is 5.32 Å². The van der Waals surface area contributed by atoms with Gasteiger partial charge in [0, 0.05) is 5.02 Å². The van der Waals surface area contributed by atoms with Crippen LogP contribution in [0.25, 0.3) is 0 Å². The van der Waals surface area contributed by atoms with E-state index >= 15 is 0 Å². The van der Waals surface area contributed by atoms with Crippen molar-refractivity contribution in [2.45, 2.75) is 39.0 Å². The summed E-state index contributed by atoms with van der Waals surface area (Å²) in [6, 6.07) is 2.52. The Kier molecular flexibility index (Phi) is 6.78. The van der Waals surface area contributed by atoms with E-state index in [0.717, 1.165) is 6.07 Å². The van der Waals surface area contributed by atoms with E-state index in [0.29, 0.717) is 5.56 Å². The number of carboxylic acid groups (broad SMARTS) is 1. The maximum Gasteiger partial charge on any atom is 0.408 e. The van der Waals surface area contributed by atoms with Gasteiger partial charge in [-0.15, -0.1) is 0 Å². The van der Waals surface area contributed by atoms with Gasteiger partial charge < -0.3 is 19.9 Å². The molecule has 0 saturated heterocycles. The van der Waals surface area contributed by atoms with Crippen LogP contribution in [0.2, 0.25) is 5.02 Å². The van der Waals surface area contributed by atoms with E-state index < -0.39 is 29.5 Å². The van der Waals surface area contributed by atoms with Gasteiger partial charge in [0.2, 0.25) is 0 Å². The lowest BCUT2D eigenvalue weighted by atomic mass is 10.2. The number of carbonyl (C=O) groups is 2. The van der Waals surface area contributed by atoms with Crippen molar-refractivity contribution in [3.63, 3.8) is 0 Å². The number of rotatable bonds is 6. The highest BCUT2D eigenvalue weighted by Gasteiger charge is 2.24. The molecule has 1 rings (SSSR count). The third kappa shape index (κ3) is 7.30. The number of aliphatic carboxylic acids is 1. The first-order chi connectivity index (χ1) is 10.6. The van der Waals surface area contributed by atoms with E-state index in [4.69, 9.17) is 26.2 Å². The number of halogens is 2. The summed E-state index contributed by atoms with van der Waals surface area (Å²) < 4.78 is 23.1. The number of hydrogen-bond acceptors (Lipinski definition) is 4. The maximum atomic E-state index is 12.9. The predicted molar refractivity (Wildman–Crippen MR) is 81.9 cm³/mol. The molecule has 2 N–H and O–H groups in total. The van der Waals surface area contributed by atoms with Crippen molar-refractivity contribution in [1.29, 1.82) is 0 Å². The van der Waals surface area contributed by atoms with Crippen LogP contribution in [0.4, 0.5) is 9.18 Å². The Morgan fingerprint density at radius 3 is 2.57 bits per heavy atom. The summed E-state index contributed by atoms with van der Waals surface area (Å²) in [7, 11) is 0. The summed E-state index contributed by atoms with van der Waals surface area (Å²) in [6.45, 7) is 4.68. The van der Waals surface area contributed by atoms with Crippen LogP contribution in [0.3, 0.4) is 0 Å². The SMILES string of the molecule is CC(C)(C)OC(=O)N[C@H](COCc1ccc(F)cc1Cl)C(=O)O. The largest absolute Gasteiger partial charge is 0.480 e. The standard InChI is InChI=1S/C15H19ClFNO5/c1-15(2,3)23-14(21)18-12(13(19)20)8-22-7-9-4-5-10(17)6-11(9)16/h4-6,12H,7-8H2,1-3H3,(H,18,21)(H,19,20)/t12-/m1/s1. The Hall–Kier alpha value is -1.86. The average molecular weight is 348 g/mol. The van der Waals surface area contributed by atoms with Crippen molar-refractivity contribution < 1.29 is 28.6 Å². The minimum atomic E-state index is -1.27. The van der Waals surface area contributed by atoms with Crippen LogP contribution in [0.5, 0.6) is 0 Å². The zero-order valence-corrected chi connectivity index (χ0v) is 13.8. The highest BCUT2D eigenvalue weighted by atomic mass is 35.5. The Morgan fingerprint density at radius 2 is 2.04 bits per heavy atom. The molecule has 1 aromatic carbocycles. The first kappa shape index (κ1) is 19.2. The molecule has 0 aromatic heterocycles. The van der Waals surface area contributed by atoms with Gasteiger partial charge in [-0.1, -0.05) is 17.7 Å². The Balaban J connectivity index is 2.53. The first-order valence-electron chi connectivity index (χ1n) is 6.82. The molecule has 23 heavy (non-hydrogen) atoms. The molecule has 1 aromatic rings. The van der Waals surface area contributed by atoms with Gasteiger partial charge in [0.25, 0.3) is 0 Å². The van der Waals surface area contributed by atoms with Crippen LogP contribution in [0, 0.1) is 5.82 Å². The third-order valence-corrected chi connectivity index (χ3v) is 2.90. The molecule has 0 unspecified atom stereocenters. The molecular formula is C15H19ClFNO5. The highest BCUT2D eigenvalue weighted by Crippen LogP contribution is 2.18. The number of carboxylic acids is 1. The molecule has 0 spiro atoms. The van der Waals surface area contributed by atoms with Gasteiger partial charge in [-0.25, -0.2) is 14.0 Å². The number of carbonyl (C=O) groups excluding carboxylic acids is 1. The number of hydrogen-bond donors (Lipinski definition) is 2. The fourth-order valence-corrected chi connectivity index (χ4v) is 1.77. The number of benzene rings is 1. The topological polar surface area (TPSA) is 84.9 Å². The summed E-state index contributed by atoms with van der Waals surface area (Å²) in [6.07, 6.45) is -0.853. The van der Waals surface area contributed by atoms with Crippen molar-refractivity contribution in [2.75, 3.05) is 6.61 Å². The van der Waals surface area contributed by atoms with Crippen molar-refractivity contribution in [2.24, 2.45) is 0 Å². The van der Waals surface area contributed by atoms with Gasteiger partial charge >= 0.3 is 12.1 Å². The van der Waals surface area contributed by atoms with E-state index in [2.05, 4.69) is 5.32 Å². The summed E-state index contributed by atoms with van der Waals surface area (Å²) in [5.74, 6) is -1.74. The molecule has 8 heteroatoms. The molecule has 0 fully saturated rings. The van der Waals surface area contributed by atoms with Gasteiger partial charge in [-0.05, 0) is 38.5 Å². The lowest BCUT2D eigenvalue weighted by Gasteiger charge is -2.22. The van der Waals surface area contributed by atoms with E-state index in [-0.39, 0.29) is 18.2 Å². The molecule has 128 valence electrons. The molecule has 1 amide bonds. The number of nitrogens with one attached hydrogen (secondary N) is 1. The molecule has 0 heterocycles. The molecule has 0 aliphatic heterocycles. The Bertz CT molecular complexity index is 573. The minimum Gasteiger partial charge on any atom is -0.480 e. The monoisotopic (exact) mass is 347 g/mol. The second-order valence-electron chi connectivity index (χ2n) is 5.79. The Labute approximate surface area is 138 Å². The summed E-state index contributed by atoms with van der Waals surface area (Å²) >= 11 is 5.84. The van der Waals surface area contributed by atoms with Crippen molar-refractivity contribution in [3.8, 4) is 0 Å². The number of ether oxygens (including phenoxy) is 2. The quantitative estimate of drug-likeness (QED) is 0.826. The van der Waals surface area contributed by atoms with Gasteiger partial charge in [0.1, 0.15) is 11.4 Å². The summed E-state index contributed by atoms with van der Waals surface area (Å²) in [4.78, 5) is 22.7. The van der Waals surface area contributed by atoms with Crippen LogP contribution in [-0.4, -0.2) is 35.4 Å². The van der Waals surface area contributed by atoms with Crippen LogP contribution < -0.4 is 5.32 Å². The molecular weight excluding hydrogens is 329 g/mol. The molecule has 6 nitrogen and oxygen atoms in total. The molecule has 0 saturated carbocycles. The van der Waals surface area contributed by atoms with Crippen LogP contribution >= 0.6 is 11.6 Å². The zero-order chi connectivity index (χ0) is 17.6. The maximum absolute atomic E-state index is 12.9. The third-order valence-electron chi connectivity index (χ3n) is 2.55. The normalized spacial score (nSPS) is 12.6. The smallest absolute Gasteiger partial charge is 0.408 e. The fourth-order valence-electron chi connectivity index (χ4n) is 1.55. The van der Waals surface area contributed by atoms with Gasteiger partial charge in [-0.3, -0.25) is 0 Å². The van der Waals surface area contributed by atoms with Crippen LogP contribution in [0.1, 0.15) is 26.3 Å². The zero-order valence-electron chi connectivity index (χ0n) is 13.1. The lowest BCUT2D eigenvalue weighted by Crippen LogP contribution is -2.46. The minimum absolute atomic E-state index is 0.0150. The Morgan fingerprint density at radius 1 is 1.39 bits per heavy atom. The van der Waals surface area contributed by atoms with Crippen molar-refractivity contribution >= 4 is 23.7 Å². The second kappa shape index (κ2) is 8.12. The van der Waals surface area contributed by atoms with Crippen molar-refractivity contribution in [3.05, 3.63) is 34.6 Å². The lowest BCUT2D eigenvalue weighted by molar-refractivity contribution is -0.141. The fraction of sp³-hybridized carbons (Fsp3) is 0.467. The molecule has 0 aliphatic rings. The summed E-state index contributed by atoms with van der Waals surface area (Å²) in [5.41, 5.74) is -0.232. The number of alkyl carbamates (subject to hydrolysis) is 1. The van der Waals surface area contributed by atoms with Gasteiger partial charge in [0.15, 0.2) is 6.04 Å². The van der Waals surface area contributed by atoms with E-state index in [9.17, 15) is 14.0 Å². The van der Waals surface area contributed by atoms with Gasteiger partial charge in [0.05, 0.1) is 13.2 Å². The van der Waals surface area contributed by atoms with Crippen LogP contribution in [0.15, 0.2) is 18.2 Å². The molecule has 0 radical (unpaired) electrons. The van der Waals surface area contributed by atoms with E-state index in [1.54, 1.807) is 20.8 Å². The molecule has 1 atom stereocenters. The molecule has 0 aliphatic carbocycles. The predicted octanol–water partition coefficient (Wildman–Crippen LogP) is 2.97. The highest BCUT2D eigenvalue weighted by molar-refractivity contribution is 6.31. The van der Waals surface area contributed by atoms with Gasteiger partial charge in [-0.2, -0.15) is 0 Å². The van der Waals surface area contributed by atoms with Crippen LogP contribution in [-0.2, 0) is 20.9 Å². The number of amides is 1. The molecule has 0 bridgehead atoms. The summed E-state index contributed by atoms with van der Waals surface area (Å²) in [5, 5.41) is 11.5.